The molecule has 0 unspecified atom stereocenters. The van der Waals surface area contributed by atoms with Crippen molar-refractivity contribution >= 4 is 6.09 Å². The number of amides is 1. The third-order valence-electron chi connectivity index (χ3n) is 1.26. The molecule has 4 heteroatoms. The SMILES string of the molecule is CC(C)(C)OC(=O)NC/C=C/CCN. The van der Waals surface area contributed by atoms with E-state index in [0.29, 0.717) is 13.1 Å². The van der Waals surface area contributed by atoms with Crippen molar-refractivity contribution in [2.75, 3.05) is 13.1 Å². The second-order valence-electron chi connectivity index (χ2n) is 3.93. The van der Waals surface area contributed by atoms with Gasteiger partial charge in [0.15, 0.2) is 0 Å². The Morgan fingerprint density at radius 2 is 2.07 bits per heavy atom. The van der Waals surface area contributed by atoms with Crippen LogP contribution in [0.3, 0.4) is 0 Å². The van der Waals surface area contributed by atoms with Crippen LogP contribution in [0.25, 0.3) is 0 Å². The molecule has 0 atom stereocenters. The number of nitrogens with two attached hydrogens (primary N) is 1. The summed E-state index contributed by atoms with van der Waals surface area (Å²) in [7, 11) is 0. The van der Waals surface area contributed by atoms with Gasteiger partial charge in [0, 0.05) is 6.54 Å². The Labute approximate surface area is 85.5 Å². The average molecular weight is 200 g/mol. The van der Waals surface area contributed by atoms with Crippen LogP contribution in [0.15, 0.2) is 12.2 Å². The maximum absolute atomic E-state index is 11.1. The zero-order valence-electron chi connectivity index (χ0n) is 9.17. The smallest absolute Gasteiger partial charge is 0.407 e. The minimum Gasteiger partial charge on any atom is -0.444 e. The van der Waals surface area contributed by atoms with E-state index in [1.807, 2.05) is 32.9 Å². The Hall–Kier alpha value is -1.03. The van der Waals surface area contributed by atoms with Crippen LogP contribution < -0.4 is 11.1 Å². The summed E-state index contributed by atoms with van der Waals surface area (Å²) in [6.45, 7) is 6.60. The number of hydrogen-bond acceptors (Lipinski definition) is 3. The van der Waals surface area contributed by atoms with Crippen molar-refractivity contribution < 1.29 is 9.53 Å². The van der Waals surface area contributed by atoms with E-state index in [0.717, 1.165) is 6.42 Å². The summed E-state index contributed by atoms with van der Waals surface area (Å²) in [5, 5.41) is 2.61. The minimum absolute atomic E-state index is 0.394. The van der Waals surface area contributed by atoms with Gasteiger partial charge in [-0.05, 0) is 33.7 Å². The van der Waals surface area contributed by atoms with Crippen LogP contribution in [0, 0.1) is 0 Å². The molecule has 4 nitrogen and oxygen atoms in total. The summed E-state index contributed by atoms with van der Waals surface area (Å²) in [5.41, 5.74) is 4.85. The van der Waals surface area contributed by atoms with Crippen molar-refractivity contribution in [1.82, 2.24) is 5.32 Å². The van der Waals surface area contributed by atoms with Gasteiger partial charge >= 0.3 is 6.09 Å². The van der Waals surface area contributed by atoms with Crippen LogP contribution in [0.5, 0.6) is 0 Å². The first kappa shape index (κ1) is 13.0. The quantitative estimate of drug-likeness (QED) is 0.674. The summed E-state index contributed by atoms with van der Waals surface area (Å²) in [4.78, 5) is 11.1. The summed E-state index contributed by atoms with van der Waals surface area (Å²) < 4.78 is 5.04. The minimum atomic E-state index is -0.439. The van der Waals surface area contributed by atoms with Gasteiger partial charge in [-0.2, -0.15) is 0 Å². The van der Waals surface area contributed by atoms with Crippen LogP contribution in [0.2, 0.25) is 0 Å². The molecule has 0 radical (unpaired) electrons. The van der Waals surface area contributed by atoms with Gasteiger partial charge in [0.25, 0.3) is 0 Å². The lowest BCUT2D eigenvalue weighted by Gasteiger charge is -2.19. The standard InChI is InChI=1S/C10H20N2O2/c1-10(2,3)14-9(13)12-8-6-4-5-7-11/h4,6H,5,7-8,11H2,1-3H3,(H,12,13)/b6-4+. The Balaban J connectivity index is 3.55. The van der Waals surface area contributed by atoms with Crippen molar-refractivity contribution in [2.24, 2.45) is 5.73 Å². The second-order valence-corrected chi connectivity index (χ2v) is 3.93. The van der Waals surface area contributed by atoms with E-state index in [-0.39, 0.29) is 0 Å². The van der Waals surface area contributed by atoms with Gasteiger partial charge in [0.2, 0.25) is 0 Å². The van der Waals surface area contributed by atoms with E-state index in [9.17, 15) is 4.79 Å². The van der Waals surface area contributed by atoms with E-state index in [1.54, 1.807) is 0 Å². The van der Waals surface area contributed by atoms with E-state index in [4.69, 9.17) is 10.5 Å². The topological polar surface area (TPSA) is 64.3 Å². The van der Waals surface area contributed by atoms with E-state index >= 15 is 0 Å². The molecular weight excluding hydrogens is 180 g/mol. The van der Waals surface area contributed by atoms with Crippen molar-refractivity contribution in [3.8, 4) is 0 Å². The third-order valence-corrected chi connectivity index (χ3v) is 1.26. The fourth-order valence-electron chi connectivity index (χ4n) is 0.754. The van der Waals surface area contributed by atoms with Gasteiger partial charge in [-0.25, -0.2) is 4.79 Å². The lowest BCUT2D eigenvalue weighted by atomic mass is 10.2. The molecule has 0 fully saturated rings. The van der Waals surface area contributed by atoms with E-state index in [1.165, 1.54) is 0 Å². The molecule has 3 N–H and O–H groups in total. The van der Waals surface area contributed by atoms with E-state index in [2.05, 4.69) is 5.32 Å². The molecule has 1 amide bonds. The summed E-state index contributed by atoms with van der Waals surface area (Å²) in [6, 6.07) is 0. The van der Waals surface area contributed by atoms with Crippen molar-refractivity contribution in [3.05, 3.63) is 12.2 Å². The highest BCUT2D eigenvalue weighted by molar-refractivity contribution is 5.67. The first-order chi connectivity index (χ1) is 6.45. The van der Waals surface area contributed by atoms with E-state index < -0.39 is 11.7 Å². The molecule has 0 aliphatic heterocycles. The van der Waals surface area contributed by atoms with Crippen molar-refractivity contribution in [1.29, 1.82) is 0 Å². The number of nitrogens with one attached hydrogen (secondary N) is 1. The van der Waals surface area contributed by atoms with Gasteiger partial charge < -0.3 is 15.8 Å². The molecule has 0 rings (SSSR count). The highest BCUT2D eigenvalue weighted by Crippen LogP contribution is 2.05. The summed E-state index contributed by atoms with van der Waals surface area (Å²) in [6.07, 6.45) is 4.22. The lowest BCUT2D eigenvalue weighted by Crippen LogP contribution is -2.32. The normalized spacial score (nSPS) is 11.7. The molecule has 0 aliphatic rings. The predicted octanol–water partition coefficient (Wildman–Crippen LogP) is 1.42. The van der Waals surface area contributed by atoms with Crippen LogP contribution in [-0.2, 0) is 4.74 Å². The number of ether oxygens (including phenoxy) is 1. The first-order valence-electron chi connectivity index (χ1n) is 4.77. The third kappa shape index (κ3) is 9.06. The number of hydrogen-bond donors (Lipinski definition) is 2. The number of rotatable bonds is 4. The van der Waals surface area contributed by atoms with Gasteiger partial charge in [-0.1, -0.05) is 12.2 Å². The Morgan fingerprint density at radius 3 is 2.57 bits per heavy atom. The van der Waals surface area contributed by atoms with Crippen molar-refractivity contribution in [3.63, 3.8) is 0 Å². The maximum Gasteiger partial charge on any atom is 0.407 e. The Kier molecular flexibility index (Phi) is 5.95. The second kappa shape index (κ2) is 6.43. The molecule has 0 saturated carbocycles. The molecule has 0 aromatic carbocycles. The fraction of sp³-hybridized carbons (Fsp3) is 0.700. The molecule has 0 spiro atoms. The number of carbonyl (C=O) groups is 1. The van der Waals surface area contributed by atoms with Crippen LogP contribution >= 0.6 is 0 Å². The number of carbonyl (C=O) groups excluding carboxylic acids is 1. The predicted molar refractivity (Wildman–Crippen MR) is 57.0 cm³/mol. The fourth-order valence-corrected chi connectivity index (χ4v) is 0.754. The van der Waals surface area contributed by atoms with Gasteiger partial charge in [0.1, 0.15) is 5.60 Å². The Morgan fingerprint density at radius 1 is 1.43 bits per heavy atom. The molecule has 0 aliphatic carbocycles. The largest absolute Gasteiger partial charge is 0.444 e. The molecule has 0 saturated heterocycles. The van der Waals surface area contributed by atoms with Crippen molar-refractivity contribution in [2.45, 2.75) is 32.8 Å². The molecule has 0 aromatic rings. The molecule has 0 aromatic heterocycles. The van der Waals surface area contributed by atoms with Gasteiger partial charge in [0.05, 0.1) is 0 Å². The monoisotopic (exact) mass is 200 g/mol. The molecule has 0 heterocycles. The molecule has 14 heavy (non-hydrogen) atoms. The molecule has 82 valence electrons. The molecular formula is C10H20N2O2. The highest BCUT2D eigenvalue weighted by Gasteiger charge is 2.14. The lowest BCUT2D eigenvalue weighted by molar-refractivity contribution is 0.0534. The summed E-state index contributed by atoms with van der Waals surface area (Å²) >= 11 is 0. The summed E-state index contributed by atoms with van der Waals surface area (Å²) in [5.74, 6) is 0. The Bertz CT molecular complexity index is 195. The first-order valence-corrected chi connectivity index (χ1v) is 4.77. The maximum atomic E-state index is 11.1. The van der Waals surface area contributed by atoms with Crippen LogP contribution in [0.4, 0.5) is 4.79 Å². The zero-order valence-corrected chi connectivity index (χ0v) is 9.17. The van der Waals surface area contributed by atoms with Crippen LogP contribution in [-0.4, -0.2) is 24.8 Å². The molecule has 0 bridgehead atoms. The van der Waals surface area contributed by atoms with Gasteiger partial charge in [-0.15, -0.1) is 0 Å². The zero-order chi connectivity index (χ0) is 11.0. The number of alkyl carbamates (subject to hydrolysis) is 1. The average Bonchev–Trinajstić information content (AvgIpc) is 2.00. The highest BCUT2D eigenvalue weighted by atomic mass is 16.6. The van der Waals surface area contributed by atoms with Gasteiger partial charge in [-0.3, -0.25) is 0 Å². The van der Waals surface area contributed by atoms with Crippen LogP contribution in [0.1, 0.15) is 27.2 Å².